The second-order valence-corrected chi connectivity index (χ2v) is 5.11. The van der Waals surface area contributed by atoms with Crippen LogP contribution in [0, 0.1) is 0 Å². The largest absolute Gasteiger partial charge is 0.505 e. The van der Waals surface area contributed by atoms with Crippen LogP contribution in [0.3, 0.4) is 0 Å². The van der Waals surface area contributed by atoms with Crippen LogP contribution in [0.4, 0.5) is 0 Å². The molecule has 0 spiro atoms. The summed E-state index contributed by atoms with van der Waals surface area (Å²) in [7, 11) is 0. The molecule has 1 saturated heterocycles. The van der Waals surface area contributed by atoms with E-state index in [1.54, 1.807) is 6.07 Å². The molecule has 0 saturated carbocycles. The van der Waals surface area contributed by atoms with Gasteiger partial charge in [-0.15, -0.1) is 0 Å². The Morgan fingerprint density at radius 3 is 2.89 bits per heavy atom. The van der Waals surface area contributed by atoms with Crippen molar-refractivity contribution in [3.63, 3.8) is 0 Å². The molecule has 1 aliphatic heterocycles. The molecule has 0 bridgehead atoms. The summed E-state index contributed by atoms with van der Waals surface area (Å²) in [5.41, 5.74) is 0.0907. The van der Waals surface area contributed by atoms with Gasteiger partial charge in [-0.05, 0) is 45.0 Å². The van der Waals surface area contributed by atoms with Gasteiger partial charge in [0, 0.05) is 18.8 Å². The topological polar surface area (TPSA) is 65.5 Å². The number of amides is 1. The molecule has 5 heteroatoms. The first-order valence-corrected chi connectivity index (χ1v) is 6.84. The van der Waals surface area contributed by atoms with Crippen LogP contribution in [0.25, 0.3) is 0 Å². The molecular formula is C14H21N3O2. The van der Waals surface area contributed by atoms with Gasteiger partial charge in [0.2, 0.25) is 0 Å². The van der Waals surface area contributed by atoms with Crippen LogP contribution in [-0.4, -0.2) is 46.6 Å². The van der Waals surface area contributed by atoms with E-state index >= 15 is 0 Å². The minimum absolute atomic E-state index is 0.0482. The summed E-state index contributed by atoms with van der Waals surface area (Å²) in [4.78, 5) is 18.2. The fraction of sp³-hybridized carbons (Fsp3) is 0.571. The molecule has 0 radical (unpaired) electrons. The first-order valence-electron chi connectivity index (χ1n) is 6.84. The lowest BCUT2D eigenvalue weighted by atomic mass is 10.1. The van der Waals surface area contributed by atoms with Crippen LogP contribution in [0.5, 0.6) is 5.75 Å². The van der Waals surface area contributed by atoms with Gasteiger partial charge in [0.25, 0.3) is 5.91 Å². The molecule has 1 aliphatic rings. The number of piperidine rings is 1. The monoisotopic (exact) mass is 263 g/mol. The molecule has 2 heterocycles. The summed E-state index contributed by atoms with van der Waals surface area (Å²) in [6.45, 7) is 5.04. The fourth-order valence-corrected chi connectivity index (χ4v) is 2.44. The smallest absolute Gasteiger partial charge is 0.273 e. The molecule has 1 atom stereocenters. The van der Waals surface area contributed by atoms with Crippen LogP contribution in [0.1, 0.15) is 36.7 Å². The molecule has 1 fully saturated rings. The predicted molar refractivity (Wildman–Crippen MR) is 73.1 cm³/mol. The SMILES string of the molecule is CC(CN1CCCCC1)NC(=O)c1ncccc1O. The third-order valence-corrected chi connectivity index (χ3v) is 3.36. The maximum absolute atomic E-state index is 12.0. The minimum Gasteiger partial charge on any atom is -0.505 e. The van der Waals surface area contributed by atoms with Gasteiger partial charge >= 0.3 is 0 Å². The summed E-state index contributed by atoms with van der Waals surface area (Å²) in [6.07, 6.45) is 5.28. The van der Waals surface area contributed by atoms with Gasteiger partial charge in [-0.3, -0.25) is 4.79 Å². The van der Waals surface area contributed by atoms with Crippen LogP contribution in [0.2, 0.25) is 0 Å². The first-order chi connectivity index (χ1) is 9.16. The minimum atomic E-state index is -0.317. The first kappa shape index (κ1) is 13.8. The average Bonchev–Trinajstić information content (AvgIpc) is 2.40. The number of carbonyl (C=O) groups is 1. The number of nitrogens with zero attached hydrogens (tertiary/aromatic N) is 2. The lowest BCUT2D eigenvalue weighted by Gasteiger charge is -2.29. The van der Waals surface area contributed by atoms with Crippen LogP contribution >= 0.6 is 0 Å². The van der Waals surface area contributed by atoms with Gasteiger partial charge in [0.1, 0.15) is 5.75 Å². The Morgan fingerprint density at radius 2 is 2.21 bits per heavy atom. The van der Waals surface area contributed by atoms with Gasteiger partial charge in [0.15, 0.2) is 5.69 Å². The second kappa shape index (κ2) is 6.52. The maximum Gasteiger partial charge on any atom is 0.273 e. The normalized spacial score (nSPS) is 17.9. The van der Waals surface area contributed by atoms with E-state index in [-0.39, 0.29) is 23.4 Å². The summed E-state index contributed by atoms with van der Waals surface area (Å²) >= 11 is 0. The van der Waals surface area contributed by atoms with Crippen molar-refractivity contribution >= 4 is 5.91 Å². The molecule has 5 nitrogen and oxygen atoms in total. The van der Waals surface area contributed by atoms with E-state index in [2.05, 4.69) is 15.2 Å². The Bertz CT molecular complexity index is 430. The van der Waals surface area contributed by atoms with Crippen LogP contribution < -0.4 is 5.32 Å². The Morgan fingerprint density at radius 1 is 1.47 bits per heavy atom. The molecule has 1 amide bonds. The number of carbonyl (C=O) groups excluding carboxylic acids is 1. The van der Waals surface area contributed by atoms with Crippen molar-refractivity contribution in [1.82, 2.24) is 15.2 Å². The zero-order chi connectivity index (χ0) is 13.7. The molecule has 1 aromatic heterocycles. The Kier molecular flexibility index (Phi) is 4.74. The van der Waals surface area contributed by atoms with E-state index < -0.39 is 0 Å². The number of rotatable bonds is 4. The molecule has 104 valence electrons. The van der Waals surface area contributed by atoms with Gasteiger partial charge in [0.05, 0.1) is 0 Å². The lowest BCUT2D eigenvalue weighted by Crippen LogP contribution is -2.43. The Hall–Kier alpha value is -1.62. The number of nitrogens with one attached hydrogen (secondary N) is 1. The van der Waals surface area contributed by atoms with Crippen molar-refractivity contribution < 1.29 is 9.90 Å². The molecule has 2 rings (SSSR count). The average molecular weight is 263 g/mol. The highest BCUT2D eigenvalue weighted by molar-refractivity contribution is 5.94. The Balaban J connectivity index is 1.86. The quantitative estimate of drug-likeness (QED) is 0.861. The summed E-state index contributed by atoms with van der Waals surface area (Å²) in [5.74, 6) is -0.396. The number of hydrogen-bond donors (Lipinski definition) is 2. The van der Waals surface area contributed by atoms with Crippen molar-refractivity contribution in [3.8, 4) is 5.75 Å². The predicted octanol–water partition coefficient (Wildman–Crippen LogP) is 1.39. The zero-order valence-corrected chi connectivity index (χ0v) is 11.3. The number of aromatic hydroxyl groups is 1. The van der Waals surface area contributed by atoms with Crippen LogP contribution in [0.15, 0.2) is 18.3 Å². The van der Waals surface area contributed by atoms with E-state index in [9.17, 15) is 9.90 Å². The third-order valence-electron chi connectivity index (χ3n) is 3.36. The van der Waals surface area contributed by atoms with Gasteiger partial charge < -0.3 is 15.3 Å². The summed E-state index contributed by atoms with van der Waals surface area (Å²) < 4.78 is 0. The van der Waals surface area contributed by atoms with Crippen LogP contribution in [-0.2, 0) is 0 Å². The van der Waals surface area contributed by atoms with E-state index in [1.165, 1.54) is 31.5 Å². The molecule has 0 aliphatic carbocycles. The van der Waals surface area contributed by atoms with Gasteiger partial charge in [-0.25, -0.2) is 4.98 Å². The van der Waals surface area contributed by atoms with E-state index in [1.807, 2.05) is 6.92 Å². The number of hydrogen-bond acceptors (Lipinski definition) is 4. The highest BCUT2D eigenvalue weighted by atomic mass is 16.3. The molecule has 1 aromatic rings. The Labute approximate surface area is 113 Å². The third kappa shape index (κ3) is 3.92. The highest BCUT2D eigenvalue weighted by Gasteiger charge is 2.17. The van der Waals surface area contributed by atoms with Crippen molar-refractivity contribution in [2.24, 2.45) is 0 Å². The highest BCUT2D eigenvalue weighted by Crippen LogP contribution is 2.13. The van der Waals surface area contributed by atoms with Crippen molar-refractivity contribution in [2.75, 3.05) is 19.6 Å². The van der Waals surface area contributed by atoms with Crippen molar-refractivity contribution in [3.05, 3.63) is 24.0 Å². The molecule has 19 heavy (non-hydrogen) atoms. The fourth-order valence-electron chi connectivity index (χ4n) is 2.44. The summed E-state index contributed by atoms with van der Waals surface area (Å²) in [5, 5.41) is 12.5. The van der Waals surface area contributed by atoms with E-state index in [0.29, 0.717) is 0 Å². The summed E-state index contributed by atoms with van der Waals surface area (Å²) in [6, 6.07) is 3.12. The number of aromatic nitrogens is 1. The van der Waals surface area contributed by atoms with Crippen molar-refractivity contribution in [2.45, 2.75) is 32.2 Å². The lowest BCUT2D eigenvalue weighted by molar-refractivity contribution is 0.0917. The van der Waals surface area contributed by atoms with Gasteiger partial charge in [-0.1, -0.05) is 6.42 Å². The van der Waals surface area contributed by atoms with Crippen molar-refractivity contribution in [1.29, 1.82) is 0 Å². The number of likely N-dealkylation sites (tertiary alicyclic amines) is 1. The standard InChI is InChI=1S/C14H21N3O2/c1-11(10-17-8-3-2-4-9-17)16-14(19)13-12(18)6-5-7-15-13/h5-7,11,18H,2-4,8-10H2,1H3,(H,16,19). The maximum atomic E-state index is 12.0. The molecular weight excluding hydrogens is 242 g/mol. The molecule has 0 aromatic carbocycles. The van der Waals surface area contributed by atoms with E-state index in [4.69, 9.17) is 0 Å². The van der Waals surface area contributed by atoms with E-state index in [0.717, 1.165) is 19.6 Å². The number of pyridine rings is 1. The second-order valence-electron chi connectivity index (χ2n) is 5.11. The van der Waals surface area contributed by atoms with Gasteiger partial charge in [-0.2, -0.15) is 0 Å². The zero-order valence-electron chi connectivity index (χ0n) is 11.3. The molecule has 2 N–H and O–H groups in total. The molecule has 1 unspecified atom stereocenters.